The summed E-state index contributed by atoms with van der Waals surface area (Å²) < 4.78 is 12.5. The highest BCUT2D eigenvalue weighted by atomic mass is 32.2. The Labute approximate surface area is 165 Å². The van der Waals surface area contributed by atoms with Crippen molar-refractivity contribution in [1.82, 2.24) is 9.55 Å². The Bertz CT molecular complexity index is 1050. The number of fused-ring (bicyclic) bond motifs is 1. The minimum Gasteiger partial charge on any atom is -0.497 e. The molecule has 2 heterocycles. The smallest absolute Gasteiger partial charge is 0.262 e. The molecule has 0 bridgehead atoms. The lowest BCUT2D eigenvalue weighted by atomic mass is 10.1. The van der Waals surface area contributed by atoms with Gasteiger partial charge < -0.3 is 14.8 Å². The van der Waals surface area contributed by atoms with Crippen molar-refractivity contribution in [3.8, 4) is 17.2 Å². The van der Waals surface area contributed by atoms with Gasteiger partial charge in [0.05, 0.1) is 24.2 Å². The van der Waals surface area contributed by atoms with E-state index in [-0.39, 0.29) is 24.1 Å². The molecular weight excluding hydrogens is 378 g/mol. The molecule has 1 N–H and O–H groups in total. The number of carbonyl (C=O) groups excluding carboxylic acids is 2. The molecule has 7 nitrogen and oxygen atoms in total. The summed E-state index contributed by atoms with van der Waals surface area (Å²) in [5.41, 5.74) is 1.93. The fraction of sp³-hybridized carbons (Fsp3) is 0.150. The summed E-state index contributed by atoms with van der Waals surface area (Å²) in [6.07, 6.45) is 3.53. The number of carbonyl (C=O) groups is 2. The molecule has 0 saturated heterocycles. The van der Waals surface area contributed by atoms with Crippen LogP contribution in [0.1, 0.15) is 10.4 Å². The predicted octanol–water partition coefficient (Wildman–Crippen LogP) is 3.19. The number of nitrogens with one attached hydrogen (secondary N) is 1. The van der Waals surface area contributed by atoms with Crippen LogP contribution in [0.3, 0.4) is 0 Å². The van der Waals surface area contributed by atoms with E-state index in [9.17, 15) is 9.59 Å². The standard InChI is InChI=1S/C20H17N3O4S/c1-26-15-4-2-3-14(10-15)23-8-7-21-20(23)28-12-17(24)13-5-6-18-16(9-13)22-19(25)11-27-18/h2-10H,11-12H2,1H3,(H,22,25). The van der Waals surface area contributed by atoms with Gasteiger partial charge in [-0.3, -0.25) is 14.2 Å². The summed E-state index contributed by atoms with van der Waals surface area (Å²) in [6, 6.07) is 12.7. The molecule has 1 aromatic heterocycles. The van der Waals surface area contributed by atoms with Gasteiger partial charge in [-0.05, 0) is 30.3 Å². The number of nitrogens with zero attached hydrogens (tertiary/aromatic N) is 2. The molecule has 3 aromatic rings. The second-order valence-electron chi connectivity index (χ2n) is 6.04. The molecule has 0 spiro atoms. The SMILES string of the molecule is COc1cccc(-n2ccnc2SCC(=O)c2ccc3c(c2)NC(=O)CO3)c1. The van der Waals surface area contributed by atoms with E-state index < -0.39 is 0 Å². The third-order valence-electron chi connectivity index (χ3n) is 4.21. The highest BCUT2D eigenvalue weighted by Crippen LogP contribution is 2.29. The Hall–Kier alpha value is -3.26. The van der Waals surface area contributed by atoms with Crippen LogP contribution >= 0.6 is 11.8 Å². The summed E-state index contributed by atoms with van der Waals surface area (Å²) in [4.78, 5) is 28.4. The van der Waals surface area contributed by atoms with Gasteiger partial charge in [0.25, 0.3) is 5.91 Å². The van der Waals surface area contributed by atoms with Gasteiger partial charge in [0.2, 0.25) is 0 Å². The average Bonchev–Trinajstić information content (AvgIpc) is 3.20. The topological polar surface area (TPSA) is 82.5 Å². The third kappa shape index (κ3) is 3.72. The van der Waals surface area contributed by atoms with Crippen molar-refractivity contribution in [1.29, 1.82) is 0 Å². The lowest BCUT2D eigenvalue weighted by Gasteiger charge is -2.18. The number of ketones is 1. The van der Waals surface area contributed by atoms with Gasteiger partial charge in [-0.15, -0.1) is 0 Å². The minimum absolute atomic E-state index is 0.0108. The zero-order valence-corrected chi connectivity index (χ0v) is 15.9. The van der Waals surface area contributed by atoms with Crippen molar-refractivity contribution >= 4 is 29.1 Å². The summed E-state index contributed by atoms with van der Waals surface area (Å²) in [7, 11) is 1.62. The molecule has 1 aliphatic heterocycles. The van der Waals surface area contributed by atoms with Crippen molar-refractivity contribution in [2.75, 3.05) is 24.8 Å². The quantitative estimate of drug-likeness (QED) is 0.510. The Balaban J connectivity index is 1.48. The molecular formula is C20H17N3O4S. The van der Waals surface area contributed by atoms with Gasteiger partial charge >= 0.3 is 0 Å². The van der Waals surface area contributed by atoms with Crippen LogP contribution in [0.25, 0.3) is 5.69 Å². The maximum absolute atomic E-state index is 12.6. The molecule has 142 valence electrons. The molecule has 0 fully saturated rings. The number of aromatic nitrogens is 2. The van der Waals surface area contributed by atoms with Gasteiger partial charge in [-0.2, -0.15) is 0 Å². The van der Waals surface area contributed by atoms with Crippen molar-refractivity contribution in [2.24, 2.45) is 0 Å². The molecule has 2 aromatic carbocycles. The number of hydrogen-bond acceptors (Lipinski definition) is 6. The molecule has 28 heavy (non-hydrogen) atoms. The second kappa shape index (κ2) is 7.77. The monoisotopic (exact) mass is 395 g/mol. The molecule has 8 heteroatoms. The van der Waals surface area contributed by atoms with E-state index >= 15 is 0 Å². The number of rotatable bonds is 6. The van der Waals surface area contributed by atoms with Crippen LogP contribution in [-0.2, 0) is 4.79 Å². The maximum Gasteiger partial charge on any atom is 0.262 e. The van der Waals surface area contributed by atoms with E-state index in [2.05, 4.69) is 10.3 Å². The minimum atomic E-state index is -0.230. The Kier molecular flexibility index (Phi) is 5.03. The van der Waals surface area contributed by atoms with Gasteiger partial charge in [0, 0.05) is 24.0 Å². The summed E-state index contributed by atoms with van der Waals surface area (Å²) in [5.74, 6) is 1.24. The molecule has 0 saturated carbocycles. The van der Waals surface area contributed by atoms with Crippen LogP contribution in [0.4, 0.5) is 5.69 Å². The second-order valence-corrected chi connectivity index (χ2v) is 6.98. The van der Waals surface area contributed by atoms with E-state index in [4.69, 9.17) is 9.47 Å². The molecule has 1 aliphatic rings. The summed E-state index contributed by atoms with van der Waals surface area (Å²) >= 11 is 1.35. The van der Waals surface area contributed by atoms with Crippen molar-refractivity contribution in [2.45, 2.75) is 5.16 Å². The van der Waals surface area contributed by atoms with Crippen LogP contribution in [-0.4, -0.2) is 40.7 Å². The number of imidazole rings is 1. The first kappa shape index (κ1) is 18.1. The molecule has 0 radical (unpaired) electrons. The number of anilines is 1. The Morgan fingerprint density at radius 2 is 2.21 bits per heavy atom. The van der Waals surface area contributed by atoms with E-state index in [0.717, 1.165) is 11.4 Å². The van der Waals surface area contributed by atoms with E-state index in [0.29, 0.717) is 22.2 Å². The zero-order valence-electron chi connectivity index (χ0n) is 15.0. The first-order chi connectivity index (χ1) is 13.6. The first-order valence-electron chi connectivity index (χ1n) is 8.54. The number of methoxy groups -OCH3 is 1. The van der Waals surface area contributed by atoms with Crippen LogP contribution in [0, 0.1) is 0 Å². The third-order valence-corrected chi connectivity index (χ3v) is 5.17. The predicted molar refractivity (Wildman–Crippen MR) is 106 cm³/mol. The number of amides is 1. The fourth-order valence-corrected chi connectivity index (χ4v) is 3.69. The number of hydrogen-bond donors (Lipinski definition) is 1. The van der Waals surface area contributed by atoms with Crippen LogP contribution in [0.5, 0.6) is 11.5 Å². The lowest BCUT2D eigenvalue weighted by molar-refractivity contribution is -0.118. The summed E-state index contributed by atoms with van der Waals surface area (Å²) in [6.45, 7) is -0.0108. The van der Waals surface area contributed by atoms with E-state index in [1.807, 2.05) is 35.0 Å². The van der Waals surface area contributed by atoms with Crippen molar-refractivity contribution in [3.05, 3.63) is 60.4 Å². The summed E-state index contributed by atoms with van der Waals surface area (Å²) in [5, 5.41) is 3.42. The van der Waals surface area contributed by atoms with Crippen LogP contribution < -0.4 is 14.8 Å². The van der Waals surface area contributed by atoms with Gasteiger partial charge in [-0.25, -0.2) is 4.98 Å². The Morgan fingerprint density at radius 1 is 1.32 bits per heavy atom. The van der Waals surface area contributed by atoms with Crippen molar-refractivity contribution < 1.29 is 19.1 Å². The van der Waals surface area contributed by atoms with Gasteiger partial charge in [0.1, 0.15) is 11.5 Å². The lowest BCUT2D eigenvalue weighted by Crippen LogP contribution is -2.25. The van der Waals surface area contributed by atoms with E-state index in [1.165, 1.54) is 11.8 Å². The van der Waals surface area contributed by atoms with E-state index in [1.54, 1.807) is 31.5 Å². The normalized spacial score (nSPS) is 12.7. The first-order valence-corrected chi connectivity index (χ1v) is 9.53. The molecule has 0 unspecified atom stereocenters. The number of ether oxygens (including phenoxy) is 2. The van der Waals surface area contributed by atoms with Gasteiger partial charge in [-0.1, -0.05) is 17.8 Å². The number of thioether (sulfide) groups is 1. The molecule has 1 amide bonds. The Morgan fingerprint density at radius 3 is 3.07 bits per heavy atom. The zero-order chi connectivity index (χ0) is 19.5. The largest absolute Gasteiger partial charge is 0.497 e. The maximum atomic E-state index is 12.6. The molecule has 4 rings (SSSR count). The number of benzene rings is 2. The highest BCUT2D eigenvalue weighted by Gasteiger charge is 2.18. The molecule has 0 atom stereocenters. The van der Waals surface area contributed by atoms with Gasteiger partial charge in [0.15, 0.2) is 17.5 Å². The van der Waals surface area contributed by atoms with Crippen LogP contribution in [0.2, 0.25) is 0 Å². The number of Topliss-reactive ketones (excluding diaryl/α,β-unsaturated/α-hetero) is 1. The average molecular weight is 395 g/mol. The highest BCUT2D eigenvalue weighted by molar-refractivity contribution is 7.99. The molecule has 0 aliphatic carbocycles. The van der Waals surface area contributed by atoms with Crippen molar-refractivity contribution in [3.63, 3.8) is 0 Å². The fourth-order valence-electron chi connectivity index (χ4n) is 2.82. The van der Waals surface area contributed by atoms with Crippen LogP contribution in [0.15, 0.2) is 60.0 Å².